The highest BCUT2D eigenvalue weighted by atomic mass is 79.9. The number of fused-ring (bicyclic) bond motifs is 1. The second-order valence-electron chi connectivity index (χ2n) is 6.94. The second kappa shape index (κ2) is 6.43. The predicted octanol–water partition coefficient (Wildman–Crippen LogP) is 6.00. The summed E-state index contributed by atoms with van der Waals surface area (Å²) in [4.78, 5) is 0. The lowest BCUT2D eigenvalue weighted by Gasteiger charge is -2.19. The molecular formula is C17H23Br2NO. The van der Waals surface area contributed by atoms with Gasteiger partial charge in [0, 0.05) is 15.4 Å². The van der Waals surface area contributed by atoms with Crippen molar-refractivity contribution in [2.75, 3.05) is 6.54 Å². The Labute approximate surface area is 143 Å². The van der Waals surface area contributed by atoms with Crippen LogP contribution in [0.4, 0.5) is 0 Å². The van der Waals surface area contributed by atoms with Crippen LogP contribution in [-0.4, -0.2) is 6.54 Å². The van der Waals surface area contributed by atoms with Crippen molar-refractivity contribution in [2.24, 2.45) is 5.92 Å². The van der Waals surface area contributed by atoms with E-state index in [9.17, 15) is 0 Å². The lowest BCUT2D eigenvalue weighted by molar-refractivity contribution is 0.464. The van der Waals surface area contributed by atoms with E-state index in [1.165, 1.54) is 10.9 Å². The molecule has 21 heavy (non-hydrogen) atoms. The van der Waals surface area contributed by atoms with E-state index >= 15 is 0 Å². The first kappa shape index (κ1) is 17.0. The molecule has 0 saturated heterocycles. The van der Waals surface area contributed by atoms with Gasteiger partial charge in [0.15, 0.2) is 0 Å². The van der Waals surface area contributed by atoms with E-state index < -0.39 is 0 Å². The number of hydrogen-bond acceptors (Lipinski definition) is 2. The Morgan fingerprint density at radius 2 is 1.86 bits per heavy atom. The largest absolute Gasteiger partial charge is 0.458 e. The minimum atomic E-state index is 0.0420. The van der Waals surface area contributed by atoms with Crippen molar-refractivity contribution < 1.29 is 4.42 Å². The number of halogens is 2. The Hall–Kier alpha value is -0.320. The fourth-order valence-corrected chi connectivity index (χ4v) is 3.90. The molecule has 0 unspecified atom stereocenters. The first-order valence-corrected chi connectivity index (χ1v) is 8.90. The van der Waals surface area contributed by atoms with Gasteiger partial charge in [0.2, 0.25) is 0 Å². The highest BCUT2D eigenvalue weighted by Crippen LogP contribution is 2.40. The van der Waals surface area contributed by atoms with Gasteiger partial charge in [0.05, 0.1) is 11.0 Å². The van der Waals surface area contributed by atoms with E-state index in [0.717, 1.165) is 33.4 Å². The molecule has 116 valence electrons. The first-order valence-electron chi connectivity index (χ1n) is 7.31. The molecule has 1 N–H and O–H groups in total. The van der Waals surface area contributed by atoms with Crippen molar-refractivity contribution in [2.45, 2.75) is 46.6 Å². The van der Waals surface area contributed by atoms with E-state index in [4.69, 9.17) is 4.42 Å². The SMILES string of the molecule is CC(C)CNCc1oc2c(Br)cc(Br)cc2c1C(C)(C)C. The molecular weight excluding hydrogens is 394 g/mol. The number of rotatable bonds is 4. The molecule has 2 rings (SSSR count). The van der Waals surface area contributed by atoms with Gasteiger partial charge in [-0.05, 0) is 45.9 Å². The van der Waals surface area contributed by atoms with Crippen LogP contribution in [0.25, 0.3) is 11.0 Å². The van der Waals surface area contributed by atoms with Crippen molar-refractivity contribution in [1.29, 1.82) is 0 Å². The quantitative estimate of drug-likeness (QED) is 0.660. The van der Waals surface area contributed by atoms with Crippen LogP contribution in [0.1, 0.15) is 45.9 Å². The number of benzene rings is 1. The van der Waals surface area contributed by atoms with Crippen molar-refractivity contribution in [3.05, 3.63) is 32.4 Å². The molecule has 0 spiro atoms. The molecule has 1 aromatic carbocycles. The number of hydrogen-bond donors (Lipinski definition) is 1. The normalized spacial score (nSPS) is 12.6. The number of nitrogens with one attached hydrogen (secondary N) is 1. The second-order valence-corrected chi connectivity index (χ2v) is 8.71. The predicted molar refractivity (Wildman–Crippen MR) is 96.9 cm³/mol. The summed E-state index contributed by atoms with van der Waals surface area (Å²) in [6, 6.07) is 4.18. The van der Waals surface area contributed by atoms with Crippen LogP contribution in [0.2, 0.25) is 0 Å². The van der Waals surface area contributed by atoms with Crippen LogP contribution in [0.5, 0.6) is 0 Å². The maximum atomic E-state index is 6.16. The summed E-state index contributed by atoms with van der Waals surface area (Å²) in [6.45, 7) is 12.9. The summed E-state index contributed by atoms with van der Waals surface area (Å²) >= 11 is 7.19. The van der Waals surface area contributed by atoms with Crippen LogP contribution in [0.15, 0.2) is 25.5 Å². The highest BCUT2D eigenvalue weighted by molar-refractivity contribution is 9.11. The van der Waals surface area contributed by atoms with Gasteiger partial charge >= 0.3 is 0 Å². The third-order valence-electron chi connectivity index (χ3n) is 3.37. The zero-order valence-corrected chi connectivity index (χ0v) is 16.5. The molecule has 2 aromatic rings. The van der Waals surface area contributed by atoms with Gasteiger partial charge in [-0.1, -0.05) is 50.5 Å². The number of furan rings is 1. The van der Waals surface area contributed by atoms with E-state index in [-0.39, 0.29) is 5.41 Å². The molecule has 0 saturated carbocycles. The maximum Gasteiger partial charge on any atom is 0.148 e. The van der Waals surface area contributed by atoms with Crippen molar-refractivity contribution in [3.8, 4) is 0 Å². The molecule has 0 atom stereocenters. The molecule has 4 heteroatoms. The topological polar surface area (TPSA) is 25.2 Å². The Morgan fingerprint density at radius 1 is 1.19 bits per heavy atom. The van der Waals surface area contributed by atoms with Gasteiger partial charge in [-0.15, -0.1) is 0 Å². The van der Waals surface area contributed by atoms with Crippen molar-refractivity contribution in [3.63, 3.8) is 0 Å². The Morgan fingerprint density at radius 3 is 2.43 bits per heavy atom. The molecule has 0 aliphatic carbocycles. The van der Waals surface area contributed by atoms with Crippen LogP contribution >= 0.6 is 31.9 Å². The zero-order valence-electron chi connectivity index (χ0n) is 13.3. The van der Waals surface area contributed by atoms with Crippen LogP contribution in [0, 0.1) is 5.92 Å². The molecule has 0 radical (unpaired) electrons. The van der Waals surface area contributed by atoms with Crippen LogP contribution in [0.3, 0.4) is 0 Å². The Balaban J connectivity index is 2.51. The fraction of sp³-hybridized carbons (Fsp3) is 0.529. The van der Waals surface area contributed by atoms with Gasteiger partial charge in [-0.3, -0.25) is 0 Å². The lowest BCUT2D eigenvalue weighted by Crippen LogP contribution is -2.21. The molecule has 0 aliphatic rings. The van der Waals surface area contributed by atoms with E-state index in [2.05, 4.69) is 77.9 Å². The average Bonchev–Trinajstić information content (AvgIpc) is 2.66. The van der Waals surface area contributed by atoms with E-state index in [1.807, 2.05) is 6.07 Å². The monoisotopic (exact) mass is 415 g/mol. The summed E-state index contributed by atoms with van der Waals surface area (Å²) in [5.74, 6) is 1.67. The molecule has 0 bridgehead atoms. The third kappa shape index (κ3) is 3.91. The molecule has 0 fully saturated rings. The minimum absolute atomic E-state index is 0.0420. The molecule has 1 heterocycles. The van der Waals surface area contributed by atoms with E-state index in [0.29, 0.717) is 5.92 Å². The van der Waals surface area contributed by atoms with E-state index in [1.54, 1.807) is 0 Å². The fourth-order valence-electron chi connectivity index (χ4n) is 2.60. The first-order chi connectivity index (χ1) is 9.70. The summed E-state index contributed by atoms with van der Waals surface area (Å²) in [5.41, 5.74) is 2.26. The van der Waals surface area contributed by atoms with Crippen LogP contribution in [-0.2, 0) is 12.0 Å². The highest BCUT2D eigenvalue weighted by Gasteiger charge is 2.26. The van der Waals surface area contributed by atoms with Gasteiger partial charge in [0.1, 0.15) is 11.3 Å². The van der Waals surface area contributed by atoms with Gasteiger partial charge in [-0.2, -0.15) is 0 Å². The van der Waals surface area contributed by atoms with Gasteiger partial charge in [0.25, 0.3) is 0 Å². The van der Waals surface area contributed by atoms with Crippen LogP contribution < -0.4 is 5.32 Å². The third-order valence-corrected chi connectivity index (χ3v) is 4.42. The summed E-state index contributed by atoms with van der Waals surface area (Å²) in [5, 5.41) is 4.67. The van der Waals surface area contributed by atoms with Gasteiger partial charge < -0.3 is 9.73 Å². The molecule has 0 aliphatic heterocycles. The summed E-state index contributed by atoms with van der Waals surface area (Å²) in [6.07, 6.45) is 0. The summed E-state index contributed by atoms with van der Waals surface area (Å²) < 4.78 is 8.22. The van der Waals surface area contributed by atoms with Crippen molar-refractivity contribution in [1.82, 2.24) is 5.32 Å². The lowest BCUT2D eigenvalue weighted by atomic mass is 9.85. The van der Waals surface area contributed by atoms with Gasteiger partial charge in [-0.25, -0.2) is 0 Å². The standard InChI is InChI=1S/C17H23Br2NO/c1-10(2)8-20-9-14-15(17(3,4)5)12-6-11(18)7-13(19)16(12)21-14/h6-7,10,20H,8-9H2,1-5H3. The zero-order chi connectivity index (χ0) is 15.8. The van der Waals surface area contributed by atoms with Crippen molar-refractivity contribution >= 4 is 42.8 Å². The Bertz CT molecular complexity index is 638. The molecule has 1 aromatic heterocycles. The molecule has 0 amide bonds. The maximum absolute atomic E-state index is 6.16. The average molecular weight is 417 g/mol. The molecule has 2 nitrogen and oxygen atoms in total. The smallest absolute Gasteiger partial charge is 0.148 e. The Kier molecular flexibility index (Phi) is 5.22. The minimum Gasteiger partial charge on any atom is -0.458 e. The summed E-state index contributed by atoms with van der Waals surface area (Å²) in [7, 11) is 0.